The number of carbonyl (C=O) groups is 1. The molecule has 1 saturated carbocycles. The van der Waals surface area contributed by atoms with Gasteiger partial charge in [-0.25, -0.2) is 18.2 Å². The first-order valence-corrected chi connectivity index (χ1v) is 10.4. The summed E-state index contributed by atoms with van der Waals surface area (Å²) in [7, 11) is 3.41. The van der Waals surface area contributed by atoms with Crippen LogP contribution >= 0.6 is 0 Å². The van der Waals surface area contributed by atoms with Gasteiger partial charge in [0.25, 0.3) is 11.5 Å². The molecule has 0 radical (unpaired) electrons. The van der Waals surface area contributed by atoms with Crippen molar-refractivity contribution in [3.8, 4) is 11.3 Å². The summed E-state index contributed by atoms with van der Waals surface area (Å²) in [4.78, 5) is 36.9. The Kier molecular flexibility index (Phi) is 4.95. The molecule has 170 valence electrons. The Morgan fingerprint density at radius 2 is 1.76 bits per heavy atom. The molecule has 0 N–H and O–H groups in total. The van der Waals surface area contributed by atoms with Gasteiger partial charge in [0.05, 0.1) is 11.9 Å². The molecule has 0 unspecified atom stereocenters. The minimum absolute atomic E-state index is 0.0187. The minimum atomic E-state index is -0.794. The van der Waals surface area contributed by atoms with E-state index in [2.05, 4.69) is 9.97 Å². The van der Waals surface area contributed by atoms with Gasteiger partial charge in [0.2, 0.25) is 5.95 Å². The first-order chi connectivity index (χ1) is 15.7. The molecule has 33 heavy (non-hydrogen) atoms. The molecule has 1 amide bonds. The van der Waals surface area contributed by atoms with Crippen molar-refractivity contribution in [2.24, 2.45) is 18.9 Å². The number of benzene rings is 1. The highest BCUT2D eigenvalue weighted by Gasteiger charge is 2.59. The summed E-state index contributed by atoms with van der Waals surface area (Å²) in [6.45, 7) is 0.868. The van der Waals surface area contributed by atoms with Crippen molar-refractivity contribution in [1.29, 1.82) is 0 Å². The fourth-order valence-electron chi connectivity index (χ4n) is 4.79. The lowest BCUT2D eigenvalue weighted by atomic mass is 10.2. The lowest BCUT2D eigenvalue weighted by Crippen LogP contribution is -2.38. The van der Waals surface area contributed by atoms with Crippen molar-refractivity contribution in [2.75, 3.05) is 25.0 Å². The standard InChI is InChI=1S/C23H20F3N5O2/c1-29-20(32)8-19(15-3-4-27-9-18(15)26)28-23(29)30(2)21-16-10-31(11-17(16)21)22(33)12-5-13(24)7-14(25)6-12/h3-9,16-17,21H,10-11H2,1-2H3/t16-,17+,21+. The van der Waals surface area contributed by atoms with Gasteiger partial charge in [-0.2, -0.15) is 0 Å². The molecule has 2 aliphatic rings. The van der Waals surface area contributed by atoms with Gasteiger partial charge in [-0.3, -0.25) is 19.1 Å². The second-order valence-electron chi connectivity index (χ2n) is 8.49. The summed E-state index contributed by atoms with van der Waals surface area (Å²) in [5.74, 6) is -1.92. The number of hydrogen-bond donors (Lipinski definition) is 0. The third kappa shape index (κ3) is 3.65. The quantitative estimate of drug-likeness (QED) is 0.605. The number of fused-ring (bicyclic) bond motifs is 1. The zero-order valence-electron chi connectivity index (χ0n) is 17.9. The molecular weight excluding hydrogens is 435 g/mol. The topological polar surface area (TPSA) is 71.3 Å². The van der Waals surface area contributed by atoms with Crippen LogP contribution in [0.25, 0.3) is 11.3 Å². The van der Waals surface area contributed by atoms with Crippen molar-refractivity contribution in [3.63, 3.8) is 0 Å². The number of halogens is 3. The Hall–Kier alpha value is -3.69. The number of piperidine rings is 1. The van der Waals surface area contributed by atoms with Crippen LogP contribution in [0.15, 0.2) is 47.5 Å². The molecule has 1 aliphatic heterocycles. The van der Waals surface area contributed by atoms with Gasteiger partial charge in [0.15, 0.2) is 5.82 Å². The van der Waals surface area contributed by atoms with Crippen molar-refractivity contribution in [3.05, 3.63) is 76.1 Å². The lowest BCUT2D eigenvalue weighted by molar-refractivity contribution is 0.0771. The molecular formula is C23H20F3N5O2. The SMILES string of the molecule is CN(c1nc(-c2ccncc2F)cc(=O)n1C)[C@H]1[C@@H]2CN(C(=O)c3cc(F)cc(F)c3)C[C@@H]21. The zero-order chi connectivity index (χ0) is 23.4. The maximum Gasteiger partial charge on any atom is 0.255 e. The molecule has 5 rings (SSSR count). The van der Waals surface area contributed by atoms with E-state index >= 15 is 0 Å². The Morgan fingerprint density at radius 1 is 1.09 bits per heavy atom. The van der Waals surface area contributed by atoms with Crippen molar-refractivity contribution >= 4 is 11.9 Å². The van der Waals surface area contributed by atoms with Crippen LogP contribution in [0, 0.1) is 29.3 Å². The van der Waals surface area contributed by atoms with Crippen molar-refractivity contribution < 1.29 is 18.0 Å². The Labute approximate surface area is 187 Å². The zero-order valence-corrected chi connectivity index (χ0v) is 17.9. The van der Waals surface area contributed by atoms with Gasteiger partial charge in [0, 0.05) is 74.5 Å². The highest BCUT2D eigenvalue weighted by atomic mass is 19.1. The van der Waals surface area contributed by atoms with Crippen LogP contribution in [0.2, 0.25) is 0 Å². The molecule has 0 bridgehead atoms. The molecule has 2 aromatic heterocycles. The van der Waals surface area contributed by atoms with Gasteiger partial charge in [-0.15, -0.1) is 0 Å². The molecule has 7 nitrogen and oxygen atoms in total. The summed E-state index contributed by atoms with van der Waals surface area (Å²) < 4.78 is 42.6. The monoisotopic (exact) mass is 455 g/mol. The van der Waals surface area contributed by atoms with E-state index in [4.69, 9.17) is 0 Å². The molecule has 0 spiro atoms. The second-order valence-corrected chi connectivity index (χ2v) is 8.49. The van der Waals surface area contributed by atoms with Gasteiger partial charge >= 0.3 is 0 Å². The lowest BCUT2D eigenvalue weighted by Gasteiger charge is -2.26. The molecule has 1 aromatic carbocycles. The summed E-state index contributed by atoms with van der Waals surface area (Å²) in [6, 6.07) is 5.57. The van der Waals surface area contributed by atoms with E-state index in [0.29, 0.717) is 19.0 Å². The predicted molar refractivity (Wildman–Crippen MR) is 114 cm³/mol. The first kappa shape index (κ1) is 21.2. The number of rotatable bonds is 4. The van der Waals surface area contributed by atoms with Crippen LogP contribution in [0.1, 0.15) is 10.4 Å². The number of likely N-dealkylation sites (tertiary alicyclic amines) is 1. The van der Waals surface area contributed by atoms with E-state index in [-0.39, 0.29) is 40.3 Å². The first-order valence-electron chi connectivity index (χ1n) is 10.4. The van der Waals surface area contributed by atoms with Gasteiger partial charge in [-0.1, -0.05) is 0 Å². The normalized spacial score (nSPS) is 21.1. The van der Waals surface area contributed by atoms with Crippen LogP contribution in [0.5, 0.6) is 0 Å². The number of aromatic nitrogens is 3. The number of nitrogens with zero attached hydrogens (tertiary/aromatic N) is 5. The fourth-order valence-corrected chi connectivity index (χ4v) is 4.79. The smallest absolute Gasteiger partial charge is 0.255 e. The summed E-state index contributed by atoms with van der Waals surface area (Å²) in [5.41, 5.74) is 0.0617. The molecule has 2 fully saturated rings. The molecule has 10 heteroatoms. The molecule has 1 saturated heterocycles. The van der Waals surface area contributed by atoms with Crippen molar-refractivity contribution in [1.82, 2.24) is 19.4 Å². The third-order valence-electron chi connectivity index (χ3n) is 6.47. The average Bonchev–Trinajstić information content (AvgIpc) is 3.27. The summed E-state index contributed by atoms with van der Waals surface area (Å²) in [5, 5.41) is 0. The Bertz CT molecular complexity index is 1300. The Balaban J connectivity index is 1.35. The van der Waals surface area contributed by atoms with E-state index in [9.17, 15) is 22.8 Å². The Morgan fingerprint density at radius 3 is 2.39 bits per heavy atom. The summed E-state index contributed by atoms with van der Waals surface area (Å²) >= 11 is 0. The fraction of sp³-hybridized carbons (Fsp3) is 0.304. The summed E-state index contributed by atoms with van der Waals surface area (Å²) in [6.07, 6.45) is 2.50. The van der Waals surface area contributed by atoms with Gasteiger partial charge in [-0.05, 0) is 18.2 Å². The maximum atomic E-state index is 14.2. The van der Waals surface area contributed by atoms with Crippen LogP contribution in [-0.4, -0.2) is 51.5 Å². The van der Waals surface area contributed by atoms with Crippen LogP contribution < -0.4 is 10.5 Å². The van der Waals surface area contributed by atoms with Gasteiger partial charge < -0.3 is 9.80 Å². The van der Waals surface area contributed by atoms with Crippen LogP contribution in [0.3, 0.4) is 0 Å². The number of pyridine rings is 1. The van der Waals surface area contributed by atoms with E-state index < -0.39 is 23.4 Å². The highest BCUT2D eigenvalue weighted by Crippen LogP contribution is 2.49. The maximum absolute atomic E-state index is 14.2. The third-order valence-corrected chi connectivity index (χ3v) is 6.47. The second kappa shape index (κ2) is 7.72. The van der Waals surface area contributed by atoms with E-state index in [1.165, 1.54) is 22.9 Å². The number of carbonyl (C=O) groups excluding carboxylic acids is 1. The number of anilines is 1. The van der Waals surface area contributed by atoms with Crippen LogP contribution in [-0.2, 0) is 7.05 Å². The van der Waals surface area contributed by atoms with Crippen molar-refractivity contribution in [2.45, 2.75) is 6.04 Å². The highest BCUT2D eigenvalue weighted by molar-refractivity contribution is 5.94. The average molecular weight is 455 g/mol. The molecule has 3 aromatic rings. The number of amides is 1. The molecule has 3 heterocycles. The van der Waals surface area contributed by atoms with E-state index in [1.807, 2.05) is 11.9 Å². The van der Waals surface area contributed by atoms with Crippen LogP contribution in [0.4, 0.5) is 19.1 Å². The molecule has 1 aliphatic carbocycles. The molecule has 3 atom stereocenters. The number of hydrogen-bond acceptors (Lipinski definition) is 5. The minimum Gasteiger partial charge on any atom is -0.342 e. The predicted octanol–water partition coefficient (Wildman–Crippen LogP) is 2.47. The largest absolute Gasteiger partial charge is 0.342 e. The van der Waals surface area contributed by atoms with E-state index in [1.54, 1.807) is 11.9 Å². The van der Waals surface area contributed by atoms with Gasteiger partial charge in [0.1, 0.15) is 11.6 Å². The van der Waals surface area contributed by atoms with E-state index in [0.717, 1.165) is 24.4 Å².